The van der Waals surface area contributed by atoms with E-state index in [9.17, 15) is 0 Å². The zero-order chi connectivity index (χ0) is 15.1. The average molecular weight is 306 g/mol. The molecule has 5 nitrogen and oxygen atoms in total. The van der Waals surface area contributed by atoms with E-state index in [1.807, 2.05) is 13.8 Å². The summed E-state index contributed by atoms with van der Waals surface area (Å²) in [5.41, 5.74) is 1.04. The van der Waals surface area contributed by atoms with Crippen molar-refractivity contribution in [1.29, 1.82) is 0 Å². The number of ether oxygens (including phenoxy) is 1. The Morgan fingerprint density at radius 3 is 2.90 bits per heavy atom. The molecule has 0 bridgehead atoms. The smallest absolute Gasteiger partial charge is 0.196 e. The zero-order valence-corrected chi connectivity index (χ0v) is 12.9. The van der Waals surface area contributed by atoms with Crippen molar-refractivity contribution in [1.82, 2.24) is 9.97 Å². The van der Waals surface area contributed by atoms with E-state index in [4.69, 9.17) is 14.3 Å². The number of aryl methyl sites for hydroxylation is 2. The highest BCUT2D eigenvalue weighted by atomic mass is 32.1. The lowest BCUT2D eigenvalue weighted by Crippen LogP contribution is -2.16. The summed E-state index contributed by atoms with van der Waals surface area (Å²) in [6, 6.07) is 0. The molecule has 2 aromatic rings. The quantitative estimate of drug-likeness (QED) is 0.829. The molecule has 112 valence electrons. The third-order valence-corrected chi connectivity index (χ3v) is 3.98. The molecule has 0 amide bonds. The molecule has 2 heterocycles. The van der Waals surface area contributed by atoms with E-state index >= 15 is 0 Å². The molecule has 1 unspecified atom stereocenters. The minimum Gasteiger partial charge on any atom is -0.449 e. The molecule has 0 aromatic carbocycles. The van der Waals surface area contributed by atoms with Gasteiger partial charge in [-0.05, 0) is 13.8 Å². The first-order valence-corrected chi connectivity index (χ1v) is 7.50. The zero-order valence-electron chi connectivity index (χ0n) is 12.1. The number of aliphatic hydroxyl groups is 1. The number of hydrogen-bond donors (Lipinski definition) is 1. The van der Waals surface area contributed by atoms with Gasteiger partial charge < -0.3 is 14.3 Å². The molecule has 0 saturated carbocycles. The predicted octanol–water partition coefficient (Wildman–Crippen LogP) is 2.26. The second-order valence-electron chi connectivity index (χ2n) is 4.53. The van der Waals surface area contributed by atoms with Crippen LogP contribution in [0, 0.1) is 25.7 Å². The van der Waals surface area contributed by atoms with Crippen LogP contribution in [-0.2, 0) is 17.8 Å². The van der Waals surface area contributed by atoms with Crippen LogP contribution in [0.3, 0.4) is 0 Å². The standard InChI is InChI=1S/C15H18N2O3S/c1-11-12(2)21-15(17-11)10-20-13(5-3-4-7-18)9-14-16-6-8-19-14/h6,8,13,18H,5,7,9-10H2,1-2H3. The van der Waals surface area contributed by atoms with Crippen molar-refractivity contribution in [2.45, 2.75) is 39.4 Å². The van der Waals surface area contributed by atoms with Gasteiger partial charge in [-0.3, -0.25) is 0 Å². The lowest BCUT2D eigenvalue weighted by molar-refractivity contribution is 0.0401. The Kier molecular flexibility index (Phi) is 5.93. The van der Waals surface area contributed by atoms with E-state index in [2.05, 4.69) is 21.8 Å². The van der Waals surface area contributed by atoms with Crippen LogP contribution in [0.5, 0.6) is 0 Å². The van der Waals surface area contributed by atoms with Gasteiger partial charge in [-0.25, -0.2) is 9.97 Å². The Labute approximate surface area is 128 Å². The van der Waals surface area contributed by atoms with E-state index in [-0.39, 0.29) is 12.7 Å². The van der Waals surface area contributed by atoms with Crippen LogP contribution in [0.25, 0.3) is 0 Å². The first kappa shape index (κ1) is 15.7. The summed E-state index contributed by atoms with van der Waals surface area (Å²) in [7, 11) is 0. The molecule has 21 heavy (non-hydrogen) atoms. The molecule has 1 N–H and O–H groups in total. The van der Waals surface area contributed by atoms with Crippen LogP contribution in [0.1, 0.15) is 27.9 Å². The summed E-state index contributed by atoms with van der Waals surface area (Å²) in [6.07, 6.45) is 4.09. The molecule has 0 spiro atoms. The maximum Gasteiger partial charge on any atom is 0.196 e. The minimum absolute atomic E-state index is 0.132. The van der Waals surface area contributed by atoms with E-state index in [0.717, 1.165) is 10.7 Å². The maximum absolute atomic E-state index is 8.72. The largest absolute Gasteiger partial charge is 0.449 e. The van der Waals surface area contributed by atoms with Crippen molar-refractivity contribution in [3.63, 3.8) is 0 Å². The van der Waals surface area contributed by atoms with Crippen molar-refractivity contribution in [2.24, 2.45) is 0 Å². The molecule has 0 fully saturated rings. The number of thiazole rings is 1. The third kappa shape index (κ3) is 4.97. The van der Waals surface area contributed by atoms with Gasteiger partial charge in [-0.15, -0.1) is 11.3 Å². The average Bonchev–Trinajstić information content (AvgIpc) is 3.07. The van der Waals surface area contributed by atoms with Crippen molar-refractivity contribution < 1.29 is 14.3 Å². The Morgan fingerprint density at radius 2 is 2.29 bits per heavy atom. The molecular formula is C15H18N2O3S. The van der Waals surface area contributed by atoms with Gasteiger partial charge in [0.05, 0.1) is 31.0 Å². The molecule has 0 aliphatic carbocycles. The van der Waals surface area contributed by atoms with Gasteiger partial charge >= 0.3 is 0 Å². The van der Waals surface area contributed by atoms with Gasteiger partial charge in [-0.2, -0.15) is 0 Å². The monoisotopic (exact) mass is 306 g/mol. The van der Waals surface area contributed by atoms with Crippen molar-refractivity contribution in [2.75, 3.05) is 6.61 Å². The molecule has 0 saturated heterocycles. The van der Waals surface area contributed by atoms with Gasteiger partial charge in [-0.1, -0.05) is 11.8 Å². The number of rotatable bonds is 6. The minimum atomic E-state index is -0.142. The summed E-state index contributed by atoms with van der Waals surface area (Å²) in [4.78, 5) is 9.76. The highest BCUT2D eigenvalue weighted by Gasteiger charge is 2.14. The maximum atomic E-state index is 8.72. The van der Waals surface area contributed by atoms with Crippen LogP contribution in [0.15, 0.2) is 16.9 Å². The Bertz CT molecular complexity index is 591. The molecule has 0 aliphatic rings. The fraction of sp³-hybridized carbons (Fsp3) is 0.467. The number of nitrogens with zero attached hydrogens (tertiary/aromatic N) is 2. The van der Waals surface area contributed by atoms with Crippen LogP contribution in [0.2, 0.25) is 0 Å². The van der Waals surface area contributed by atoms with Crippen LogP contribution in [-0.4, -0.2) is 27.8 Å². The summed E-state index contributed by atoms with van der Waals surface area (Å²) < 4.78 is 11.1. The summed E-state index contributed by atoms with van der Waals surface area (Å²) in [6.45, 7) is 4.35. The molecule has 2 rings (SSSR count). The summed E-state index contributed by atoms with van der Waals surface area (Å²) >= 11 is 1.64. The summed E-state index contributed by atoms with van der Waals surface area (Å²) in [5.74, 6) is 6.14. The van der Waals surface area contributed by atoms with E-state index in [1.165, 1.54) is 4.88 Å². The van der Waals surface area contributed by atoms with E-state index < -0.39 is 0 Å². The van der Waals surface area contributed by atoms with Crippen LogP contribution in [0.4, 0.5) is 0 Å². The normalized spacial score (nSPS) is 12.0. The second kappa shape index (κ2) is 7.93. The van der Waals surface area contributed by atoms with Gasteiger partial charge in [0.2, 0.25) is 0 Å². The first-order valence-electron chi connectivity index (χ1n) is 6.68. The molecular weight excluding hydrogens is 288 g/mol. The van der Waals surface area contributed by atoms with Gasteiger partial charge in [0, 0.05) is 11.3 Å². The van der Waals surface area contributed by atoms with Crippen LogP contribution >= 0.6 is 11.3 Å². The number of hydrogen-bond acceptors (Lipinski definition) is 6. The Balaban J connectivity index is 1.94. The molecule has 1 atom stereocenters. The molecule has 6 heteroatoms. The number of aromatic nitrogens is 2. The molecule has 0 radical (unpaired) electrons. The van der Waals surface area contributed by atoms with Gasteiger partial charge in [0.1, 0.15) is 17.9 Å². The second-order valence-corrected chi connectivity index (χ2v) is 5.82. The fourth-order valence-corrected chi connectivity index (χ4v) is 2.63. The third-order valence-electron chi connectivity index (χ3n) is 2.93. The van der Waals surface area contributed by atoms with Crippen molar-refractivity contribution in [3.05, 3.63) is 33.9 Å². The topological polar surface area (TPSA) is 68.4 Å². The fourth-order valence-electron chi connectivity index (χ4n) is 1.77. The Morgan fingerprint density at radius 1 is 1.43 bits per heavy atom. The number of oxazole rings is 1. The van der Waals surface area contributed by atoms with Gasteiger partial charge in [0.25, 0.3) is 0 Å². The number of aliphatic hydroxyl groups excluding tert-OH is 1. The Hall–Kier alpha value is -1.68. The lowest BCUT2D eigenvalue weighted by atomic mass is 10.2. The lowest BCUT2D eigenvalue weighted by Gasteiger charge is -2.12. The van der Waals surface area contributed by atoms with Crippen molar-refractivity contribution in [3.8, 4) is 11.8 Å². The summed E-state index contributed by atoms with van der Waals surface area (Å²) in [5, 5.41) is 9.68. The SMILES string of the molecule is Cc1nc(COC(CC#CCO)Cc2ncco2)sc1C. The van der Waals surface area contributed by atoms with Gasteiger partial charge in [0.15, 0.2) is 5.89 Å². The highest BCUT2D eigenvalue weighted by Crippen LogP contribution is 2.18. The van der Waals surface area contributed by atoms with Crippen LogP contribution < -0.4 is 0 Å². The first-order chi connectivity index (χ1) is 10.2. The molecule has 0 aliphatic heterocycles. The highest BCUT2D eigenvalue weighted by molar-refractivity contribution is 7.11. The predicted molar refractivity (Wildman–Crippen MR) is 79.9 cm³/mol. The van der Waals surface area contributed by atoms with E-state index in [1.54, 1.807) is 23.8 Å². The van der Waals surface area contributed by atoms with Crippen molar-refractivity contribution >= 4 is 11.3 Å². The van der Waals surface area contributed by atoms with E-state index in [0.29, 0.717) is 25.3 Å². The molecule has 2 aromatic heterocycles.